The van der Waals surface area contributed by atoms with E-state index in [1.807, 2.05) is 25.1 Å². The van der Waals surface area contributed by atoms with Crippen molar-refractivity contribution in [2.75, 3.05) is 24.6 Å². The van der Waals surface area contributed by atoms with Gasteiger partial charge in [-0.2, -0.15) is 0 Å². The maximum absolute atomic E-state index is 8.89. The number of amidine groups is 1. The number of hydrogen-bond acceptors (Lipinski definition) is 3. The molecule has 0 aliphatic carbocycles. The van der Waals surface area contributed by atoms with Crippen molar-refractivity contribution >= 4 is 11.5 Å². The molecule has 4 N–H and O–H groups in total. The van der Waals surface area contributed by atoms with Crippen molar-refractivity contribution < 1.29 is 5.11 Å². The van der Waals surface area contributed by atoms with E-state index in [-0.39, 0.29) is 12.4 Å². The van der Waals surface area contributed by atoms with Crippen LogP contribution in [0.5, 0.6) is 0 Å². The lowest BCUT2D eigenvalue weighted by Gasteiger charge is -2.25. The summed E-state index contributed by atoms with van der Waals surface area (Å²) in [5.74, 6) is 0.0890. The summed E-state index contributed by atoms with van der Waals surface area (Å²) in [5.41, 5.74) is 8.45. The maximum Gasteiger partial charge on any atom is 0.124 e. The zero-order valence-corrected chi connectivity index (χ0v) is 10.5. The number of nitrogen functional groups attached to an aromatic ring is 1. The Balaban J connectivity index is 3.05. The first-order valence-electron chi connectivity index (χ1n) is 5.91. The molecule has 0 aliphatic heterocycles. The minimum absolute atomic E-state index is 0.0890. The van der Waals surface area contributed by atoms with Crippen LogP contribution >= 0.6 is 0 Å². The summed E-state index contributed by atoms with van der Waals surface area (Å²) in [7, 11) is 0. The smallest absolute Gasteiger partial charge is 0.124 e. The molecule has 0 aromatic heterocycles. The molecule has 1 aromatic rings. The lowest BCUT2D eigenvalue weighted by molar-refractivity contribution is 0.289. The highest BCUT2D eigenvalue weighted by Gasteiger charge is 2.11. The first-order valence-corrected chi connectivity index (χ1v) is 5.91. The van der Waals surface area contributed by atoms with Crippen LogP contribution in [0.1, 0.15) is 24.5 Å². The fourth-order valence-corrected chi connectivity index (χ4v) is 1.85. The number of aliphatic hydroxyl groups is 1. The van der Waals surface area contributed by atoms with E-state index < -0.39 is 0 Å². The average molecular weight is 235 g/mol. The highest BCUT2D eigenvalue weighted by Crippen LogP contribution is 2.21. The van der Waals surface area contributed by atoms with Gasteiger partial charge in [-0.1, -0.05) is 11.6 Å². The van der Waals surface area contributed by atoms with Crippen molar-refractivity contribution in [1.29, 1.82) is 5.41 Å². The molecule has 1 rings (SSSR count). The summed E-state index contributed by atoms with van der Waals surface area (Å²) in [6, 6.07) is 5.94. The number of nitrogens with one attached hydrogen (secondary N) is 1. The molecule has 0 saturated carbocycles. The van der Waals surface area contributed by atoms with Gasteiger partial charge in [-0.15, -0.1) is 0 Å². The van der Waals surface area contributed by atoms with Gasteiger partial charge in [0.2, 0.25) is 0 Å². The second-order valence-electron chi connectivity index (χ2n) is 4.09. The lowest BCUT2D eigenvalue weighted by atomic mass is 10.1. The zero-order valence-electron chi connectivity index (χ0n) is 10.5. The monoisotopic (exact) mass is 235 g/mol. The van der Waals surface area contributed by atoms with E-state index in [2.05, 4.69) is 11.8 Å². The topological polar surface area (TPSA) is 73.3 Å². The summed E-state index contributed by atoms with van der Waals surface area (Å²) < 4.78 is 0. The SMILES string of the molecule is CCN(CCCO)c1ccc(C)cc1C(=N)N. The Hall–Kier alpha value is -1.55. The number of aryl methyl sites for hydroxylation is 1. The van der Waals surface area contributed by atoms with Gasteiger partial charge in [0, 0.05) is 30.9 Å². The van der Waals surface area contributed by atoms with E-state index >= 15 is 0 Å². The van der Waals surface area contributed by atoms with E-state index in [9.17, 15) is 0 Å². The summed E-state index contributed by atoms with van der Waals surface area (Å²) in [4.78, 5) is 2.13. The van der Waals surface area contributed by atoms with Crippen LogP contribution in [-0.4, -0.2) is 30.6 Å². The minimum atomic E-state index is 0.0890. The molecule has 0 fully saturated rings. The standard InChI is InChI=1S/C13H21N3O/c1-3-16(7-4-8-17)12-6-5-10(2)9-11(12)13(14)15/h5-6,9,17H,3-4,7-8H2,1-2H3,(H3,14,15). The van der Waals surface area contributed by atoms with E-state index in [1.165, 1.54) is 0 Å². The Morgan fingerprint density at radius 1 is 1.47 bits per heavy atom. The van der Waals surface area contributed by atoms with Crippen LogP contribution in [0.15, 0.2) is 18.2 Å². The van der Waals surface area contributed by atoms with Gasteiger partial charge in [0.25, 0.3) is 0 Å². The molecule has 1 aromatic carbocycles. The largest absolute Gasteiger partial charge is 0.396 e. The first-order chi connectivity index (χ1) is 8.10. The third-order valence-corrected chi connectivity index (χ3v) is 2.75. The fraction of sp³-hybridized carbons (Fsp3) is 0.462. The average Bonchev–Trinajstić information content (AvgIpc) is 2.31. The van der Waals surface area contributed by atoms with Crippen molar-refractivity contribution in [3.05, 3.63) is 29.3 Å². The Labute approximate surface area is 103 Å². The highest BCUT2D eigenvalue weighted by molar-refractivity contribution is 6.00. The van der Waals surface area contributed by atoms with E-state index in [4.69, 9.17) is 16.2 Å². The van der Waals surface area contributed by atoms with Gasteiger partial charge < -0.3 is 15.7 Å². The minimum Gasteiger partial charge on any atom is -0.396 e. The third-order valence-electron chi connectivity index (χ3n) is 2.75. The molecule has 4 nitrogen and oxygen atoms in total. The predicted octanol–water partition coefficient (Wildman–Crippen LogP) is 1.49. The number of benzene rings is 1. The first kappa shape index (κ1) is 13.5. The Morgan fingerprint density at radius 3 is 2.71 bits per heavy atom. The number of rotatable bonds is 6. The van der Waals surface area contributed by atoms with Crippen molar-refractivity contribution in [3.8, 4) is 0 Å². The number of nitrogens with two attached hydrogens (primary N) is 1. The fourth-order valence-electron chi connectivity index (χ4n) is 1.85. The summed E-state index contributed by atoms with van der Waals surface area (Å²) in [6.45, 7) is 5.83. The van der Waals surface area contributed by atoms with E-state index in [1.54, 1.807) is 0 Å². The predicted molar refractivity (Wildman–Crippen MR) is 71.8 cm³/mol. The highest BCUT2D eigenvalue weighted by atomic mass is 16.3. The number of hydrogen-bond donors (Lipinski definition) is 3. The van der Waals surface area contributed by atoms with Gasteiger partial charge in [0.15, 0.2) is 0 Å². The summed E-state index contributed by atoms with van der Waals surface area (Å²) in [6.07, 6.45) is 0.721. The Morgan fingerprint density at radius 2 is 2.18 bits per heavy atom. The molecule has 0 spiro atoms. The molecule has 0 amide bonds. The number of nitrogens with zero attached hydrogens (tertiary/aromatic N) is 1. The Kier molecular flexibility index (Phi) is 4.97. The lowest BCUT2D eigenvalue weighted by Crippen LogP contribution is -2.27. The molecule has 0 unspecified atom stereocenters. The number of aliphatic hydroxyl groups excluding tert-OH is 1. The van der Waals surface area contributed by atoms with Crippen LogP contribution in [-0.2, 0) is 0 Å². The molecular weight excluding hydrogens is 214 g/mol. The molecule has 0 saturated heterocycles. The van der Waals surface area contributed by atoms with Crippen LogP contribution < -0.4 is 10.6 Å². The molecule has 17 heavy (non-hydrogen) atoms. The van der Waals surface area contributed by atoms with Crippen LogP contribution in [0.25, 0.3) is 0 Å². The molecule has 0 aliphatic rings. The number of anilines is 1. The summed E-state index contributed by atoms with van der Waals surface area (Å²) in [5, 5.41) is 16.5. The van der Waals surface area contributed by atoms with Crippen molar-refractivity contribution in [3.63, 3.8) is 0 Å². The van der Waals surface area contributed by atoms with Crippen LogP contribution in [0.3, 0.4) is 0 Å². The normalized spacial score (nSPS) is 10.3. The van der Waals surface area contributed by atoms with Crippen LogP contribution in [0.4, 0.5) is 5.69 Å². The molecule has 0 bridgehead atoms. The molecule has 0 radical (unpaired) electrons. The van der Waals surface area contributed by atoms with Gasteiger partial charge in [0.05, 0.1) is 0 Å². The second kappa shape index (κ2) is 6.25. The maximum atomic E-state index is 8.89. The van der Waals surface area contributed by atoms with Crippen LogP contribution in [0.2, 0.25) is 0 Å². The quantitative estimate of drug-likeness (QED) is 0.516. The van der Waals surface area contributed by atoms with E-state index in [0.717, 1.165) is 36.3 Å². The zero-order chi connectivity index (χ0) is 12.8. The van der Waals surface area contributed by atoms with Gasteiger partial charge in [-0.25, -0.2) is 0 Å². The molecule has 4 heteroatoms. The molecule has 0 atom stereocenters. The van der Waals surface area contributed by atoms with Crippen molar-refractivity contribution in [2.24, 2.45) is 5.73 Å². The Bertz CT molecular complexity index is 390. The van der Waals surface area contributed by atoms with Gasteiger partial charge in [0.1, 0.15) is 5.84 Å². The van der Waals surface area contributed by atoms with E-state index in [0.29, 0.717) is 0 Å². The van der Waals surface area contributed by atoms with Crippen molar-refractivity contribution in [1.82, 2.24) is 0 Å². The van der Waals surface area contributed by atoms with Gasteiger partial charge in [-0.05, 0) is 32.4 Å². The van der Waals surface area contributed by atoms with Gasteiger partial charge >= 0.3 is 0 Å². The van der Waals surface area contributed by atoms with Crippen molar-refractivity contribution in [2.45, 2.75) is 20.3 Å². The molecular formula is C13H21N3O. The molecule has 94 valence electrons. The van der Waals surface area contributed by atoms with Gasteiger partial charge in [-0.3, -0.25) is 5.41 Å². The second-order valence-corrected chi connectivity index (χ2v) is 4.09. The third kappa shape index (κ3) is 3.46. The summed E-state index contributed by atoms with van der Waals surface area (Å²) >= 11 is 0. The van der Waals surface area contributed by atoms with Crippen LogP contribution in [0, 0.1) is 12.3 Å². The molecule has 0 heterocycles.